The largest absolute Gasteiger partial charge is 0.330 e. The van der Waals surface area contributed by atoms with Gasteiger partial charge in [0.05, 0.1) is 6.54 Å². The molecule has 1 aromatic heterocycles. The topological polar surface area (TPSA) is 93.4 Å². The average molecular weight is 377 g/mol. The van der Waals surface area contributed by atoms with Crippen molar-refractivity contribution >= 4 is 23.5 Å². The molecule has 0 spiro atoms. The highest BCUT2D eigenvalue weighted by Crippen LogP contribution is 2.30. The predicted octanol–water partition coefficient (Wildman–Crippen LogP) is 0.705. The van der Waals surface area contributed by atoms with Crippen LogP contribution >= 0.6 is 11.6 Å². The summed E-state index contributed by atoms with van der Waals surface area (Å²) in [5.41, 5.74) is -1.43. The van der Waals surface area contributed by atoms with Gasteiger partial charge in [-0.25, -0.2) is 9.59 Å². The molecule has 1 aromatic carbocycles. The Hall–Kier alpha value is -2.87. The van der Waals surface area contributed by atoms with Crippen molar-refractivity contribution in [1.82, 2.24) is 19.4 Å². The van der Waals surface area contributed by atoms with Crippen LogP contribution in [0.5, 0.6) is 0 Å². The first-order chi connectivity index (χ1) is 12.1. The Morgan fingerprint density at radius 1 is 1.04 bits per heavy atom. The summed E-state index contributed by atoms with van der Waals surface area (Å²) in [5.74, 6) is -0.474. The minimum Gasteiger partial charge on any atom is -0.319 e. The van der Waals surface area contributed by atoms with Crippen LogP contribution in [0, 0.1) is 0 Å². The number of nitrogens with one attached hydrogen (secondary N) is 1. The van der Waals surface area contributed by atoms with E-state index < -0.39 is 28.7 Å². The second kappa shape index (κ2) is 6.14. The molecule has 0 radical (unpaired) electrons. The lowest BCUT2D eigenvalue weighted by Gasteiger charge is -2.22. The maximum Gasteiger partial charge on any atom is 0.330 e. The number of urea groups is 1. The molecule has 0 aliphatic carbocycles. The lowest BCUT2D eigenvalue weighted by Crippen LogP contribution is -2.42. The molecule has 1 aliphatic rings. The zero-order chi connectivity index (χ0) is 19.2. The summed E-state index contributed by atoms with van der Waals surface area (Å²) in [6, 6.07) is 7.24. The molecule has 26 heavy (non-hydrogen) atoms. The van der Waals surface area contributed by atoms with Gasteiger partial charge in [0, 0.05) is 30.9 Å². The molecule has 2 aromatic rings. The van der Waals surface area contributed by atoms with E-state index in [1.165, 1.54) is 24.7 Å². The average Bonchev–Trinajstić information content (AvgIpc) is 2.82. The number of aromatic nitrogens is 2. The Morgan fingerprint density at radius 2 is 1.65 bits per heavy atom. The number of amides is 3. The lowest BCUT2D eigenvalue weighted by molar-refractivity contribution is -0.131. The number of carbonyl (C=O) groups excluding carboxylic acids is 2. The van der Waals surface area contributed by atoms with Crippen LogP contribution in [0.3, 0.4) is 0 Å². The van der Waals surface area contributed by atoms with Gasteiger partial charge in [0.25, 0.3) is 11.5 Å². The van der Waals surface area contributed by atoms with Crippen LogP contribution in [-0.2, 0) is 31.0 Å². The number of hydrogen-bond acceptors (Lipinski definition) is 4. The van der Waals surface area contributed by atoms with E-state index in [0.29, 0.717) is 10.6 Å². The molecular formula is C17H17ClN4O4. The van der Waals surface area contributed by atoms with Gasteiger partial charge in [-0.1, -0.05) is 23.7 Å². The van der Waals surface area contributed by atoms with Crippen molar-refractivity contribution in [2.24, 2.45) is 14.1 Å². The van der Waals surface area contributed by atoms with Crippen LogP contribution in [-0.4, -0.2) is 26.0 Å². The summed E-state index contributed by atoms with van der Waals surface area (Å²) in [6.45, 7) is 1.41. The van der Waals surface area contributed by atoms with Gasteiger partial charge in [0.1, 0.15) is 5.54 Å². The zero-order valence-electron chi connectivity index (χ0n) is 14.4. The minimum absolute atomic E-state index is 0.185. The fourth-order valence-corrected chi connectivity index (χ4v) is 3.04. The van der Waals surface area contributed by atoms with Crippen molar-refractivity contribution in [2.75, 3.05) is 0 Å². The molecule has 0 saturated carbocycles. The molecule has 9 heteroatoms. The van der Waals surface area contributed by atoms with Crippen molar-refractivity contribution in [2.45, 2.75) is 19.0 Å². The second-order valence-electron chi connectivity index (χ2n) is 6.33. The summed E-state index contributed by atoms with van der Waals surface area (Å²) >= 11 is 5.88. The molecule has 1 fully saturated rings. The summed E-state index contributed by atoms with van der Waals surface area (Å²) < 4.78 is 2.19. The molecule has 3 amide bonds. The Balaban J connectivity index is 1.97. The number of rotatable bonds is 3. The third-order valence-electron chi connectivity index (χ3n) is 4.64. The summed E-state index contributed by atoms with van der Waals surface area (Å²) in [7, 11) is 2.84. The van der Waals surface area contributed by atoms with Crippen LogP contribution in [0.2, 0.25) is 5.02 Å². The quantitative estimate of drug-likeness (QED) is 0.798. The fourth-order valence-electron chi connectivity index (χ4n) is 2.91. The molecule has 0 bridgehead atoms. The van der Waals surface area contributed by atoms with Gasteiger partial charge in [-0.2, -0.15) is 0 Å². The molecule has 1 saturated heterocycles. The van der Waals surface area contributed by atoms with E-state index >= 15 is 0 Å². The van der Waals surface area contributed by atoms with Crippen LogP contribution < -0.4 is 16.6 Å². The fraction of sp³-hybridized carbons (Fsp3) is 0.294. The maximum atomic E-state index is 12.9. The van der Waals surface area contributed by atoms with Gasteiger partial charge >= 0.3 is 11.7 Å². The van der Waals surface area contributed by atoms with E-state index in [2.05, 4.69) is 5.32 Å². The van der Waals surface area contributed by atoms with Crippen LogP contribution in [0.15, 0.2) is 39.9 Å². The Labute approximate surface area is 153 Å². The number of nitrogens with zero attached hydrogens (tertiary/aromatic N) is 3. The van der Waals surface area contributed by atoms with Gasteiger partial charge in [0.2, 0.25) is 0 Å². The number of imide groups is 1. The van der Waals surface area contributed by atoms with E-state index in [-0.39, 0.29) is 12.2 Å². The SMILES string of the molecule is Cn1c(CN2C(=O)N[C@@](C)(c3ccc(Cl)cc3)C2=O)cc(=O)n(C)c1=O. The van der Waals surface area contributed by atoms with Crippen molar-refractivity contribution < 1.29 is 9.59 Å². The zero-order valence-corrected chi connectivity index (χ0v) is 15.2. The first-order valence-electron chi connectivity index (χ1n) is 7.81. The number of carbonyl (C=O) groups is 2. The third-order valence-corrected chi connectivity index (χ3v) is 4.89. The molecule has 3 rings (SSSR count). The van der Waals surface area contributed by atoms with E-state index in [4.69, 9.17) is 11.6 Å². The van der Waals surface area contributed by atoms with Gasteiger partial charge in [0.15, 0.2) is 0 Å². The molecule has 8 nitrogen and oxygen atoms in total. The minimum atomic E-state index is -1.25. The molecule has 136 valence electrons. The number of benzene rings is 1. The molecule has 1 atom stereocenters. The van der Waals surface area contributed by atoms with Gasteiger partial charge in [-0.15, -0.1) is 0 Å². The molecule has 1 N–H and O–H groups in total. The Morgan fingerprint density at radius 3 is 2.27 bits per heavy atom. The van der Waals surface area contributed by atoms with Crippen LogP contribution in [0.1, 0.15) is 18.2 Å². The van der Waals surface area contributed by atoms with E-state index in [9.17, 15) is 19.2 Å². The molecule has 2 heterocycles. The molecule has 0 unspecified atom stereocenters. The van der Waals surface area contributed by atoms with Crippen molar-refractivity contribution in [3.63, 3.8) is 0 Å². The standard InChI is InChI=1S/C17H17ClN4O4/c1-17(10-4-6-11(18)7-5-10)14(24)22(15(25)19-17)9-12-8-13(23)21(3)16(26)20(12)2/h4-8H,9H2,1-3H3,(H,19,25)/t17-/m0/s1. The molecular weight excluding hydrogens is 360 g/mol. The Kier molecular flexibility index (Phi) is 4.23. The van der Waals surface area contributed by atoms with Crippen molar-refractivity contribution in [1.29, 1.82) is 0 Å². The molecule has 1 aliphatic heterocycles. The van der Waals surface area contributed by atoms with Crippen molar-refractivity contribution in [3.8, 4) is 0 Å². The first kappa shape index (κ1) is 17.9. The third kappa shape index (κ3) is 2.72. The summed E-state index contributed by atoms with van der Waals surface area (Å²) in [6.07, 6.45) is 0. The Bertz CT molecular complexity index is 1020. The van der Waals surface area contributed by atoms with Gasteiger partial charge < -0.3 is 5.32 Å². The normalized spacial score (nSPS) is 19.8. The number of halogens is 1. The number of hydrogen-bond donors (Lipinski definition) is 1. The highest BCUT2D eigenvalue weighted by molar-refractivity contribution is 6.30. The predicted molar refractivity (Wildman–Crippen MR) is 94.8 cm³/mol. The van der Waals surface area contributed by atoms with Crippen LogP contribution in [0.4, 0.5) is 4.79 Å². The smallest absolute Gasteiger partial charge is 0.319 e. The highest BCUT2D eigenvalue weighted by atomic mass is 35.5. The second-order valence-corrected chi connectivity index (χ2v) is 6.76. The van der Waals surface area contributed by atoms with Gasteiger partial charge in [-0.3, -0.25) is 23.6 Å². The van der Waals surface area contributed by atoms with E-state index in [1.54, 1.807) is 31.2 Å². The first-order valence-corrected chi connectivity index (χ1v) is 8.19. The van der Waals surface area contributed by atoms with E-state index in [1.807, 2.05) is 0 Å². The van der Waals surface area contributed by atoms with Crippen molar-refractivity contribution in [3.05, 3.63) is 67.4 Å². The van der Waals surface area contributed by atoms with E-state index in [0.717, 1.165) is 9.47 Å². The monoisotopic (exact) mass is 376 g/mol. The maximum absolute atomic E-state index is 12.9. The highest BCUT2D eigenvalue weighted by Gasteiger charge is 2.49. The summed E-state index contributed by atoms with van der Waals surface area (Å²) in [4.78, 5) is 50.2. The van der Waals surface area contributed by atoms with Gasteiger partial charge in [-0.05, 0) is 24.6 Å². The summed E-state index contributed by atoms with van der Waals surface area (Å²) in [5, 5.41) is 3.18. The lowest BCUT2D eigenvalue weighted by atomic mass is 9.92. The van der Waals surface area contributed by atoms with Crippen LogP contribution in [0.25, 0.3) is 0 Å².